The minimum absolute atomic E-state index is 0.00325. The molecule has 0 aromatic heterocycles. The Kier molecular flexibility index (Phi) is 4.36. The van der Waals surface area contributed by atoms with Crippen molar-refractivity contribution < 1.29 is 13.2 Å². The zero-order chi connectivity index (χ0) is 15.8. The van der Waals surface area contributed by atoms with Crippen LogP contribution < -0.4 is 5.32 Å². The van der Waals surface area contributed by atoms with Crippen molar-refractivity contribution in [3.63, 3.8) is 0 Å². The van der Waals surface area contributed by atoms with Gasteiger partial charge in [-0.2, -0.15) is 0 Å². The van der Waals surface area contributed by atoms with Crippen molar-refractivity contribution in [2.45, 2.75) is 56.9 Å². The van der Waals surface area contributed by atoms with Gasteiger partial charge in [0.2, 0.25) is 0 Å². The number of benzene rings is 1. The molecule has 0 unspecified atom stereocenters. The Morgan fingerprint density at radius 3 is 2.29 bits per heavy atom. The van der Waals surface area contributed by atoms with Crippen LogP contribution in [0.25, 0.3) is 0 Å². The van der Waals surface area contributed by atoms with Crippen molar-refractivity contribution in [3.8, 4) is 0 Å². The van der Waals surface area contributed by atoms with Crippen LogP contribution in [0.15, 0.2) is 17.0 Å². The second-order valence-electron chi connectivity index (χ2n) is 6.09. The molecule has 1 saturated carbocycles. The maximum Gasteiger partial charge on any atom is 0.261 e. The highest BCUT2D eigenvalue weighted by atomic mass is 35.7. The van der Waals surface area contributed by atoms with Gasteiger partial charge in [-0.15, -0.1) is 0 Å². The molecule has 116 valence electrons. The molecular formula is C15H20ClNO3S. The van der Waals surface area contributed by atoms with Gasteiger partial charge in [0.05, 0.1) is 4.90 Å². The summed E-state index contributed by atoms with van der Waals surface area (Å²) in [4.78, 5) is 12.5. The summed E-state index contributed by atoms with van der Waals surface area (Å²) < 4.78 is 23.2. The van der Waals surface area contributed by atoms with E-state index in [1.165, 1.54) is 6.07 Å². The van der Waals surface area contributed by atoms with E-state index in [0.717, 1.165) is 31.2 Å². The summed E-state index contributed by atoms with van der Waals surface area (Å²) in [5.41, 5.74) is 1.46. The lowest BCUT2D eigenvalue weighted by molar-refractivity contribution is 0.0907. The number of nitrogens with one attached hydrogen (secondary N) is 1. The van der Waals surface area contributed by atoms with Gasteiger partial charge in [-0.25, -0.2) is 8.42 Å². The molecule has 0 aliphatic heterocycles. The summed E-state index contributed by atoms with van der Waals surface area (Å²) in [6, 6.07) is 3.06. The summed E-state index contributed by atoms with van der Waals surface area (Å²) in [5.74, 6) is -0.238. The Labute approximate surface area is 130 Å². The van der Waals surface area contributed by atoms with Crippen molar-refractivity contribution >= 4 is 25.6 Å². The standard InChI is InChI=1S/C15H20ClNO3S/c1-10-8-11(2)13(21(16,19)20)9-12(10)14(18)17-15(3)6-4-5-7-15/h8-9H,4-7H2,1-3H3,(H,17,18). The first-order chi connectivity index (χ1) is 9.62. The minimum atomic E-state index is -3.86. The molecule has 0 heterocycles. The monoisotopic (exact) mass is 329 g/mol. The molecule has 21 heavy (non-hydrogen) atoms. The number of halogens is 1. The van der Waals surface area contributed by atoms with E-state index >= 15 is 0 Å². The molecule has 0 radical (unpaired) electrons. The smallest absolute Gasteiger partial charge is 0.261 e. The molecule has 1 amide bonds. The quantitative estimate of drug-likeness (QED) is 0.865. The first-order valence-corrected chi connectivity index (χ1v) is 9.32. The van der Waals surface area contributed by atoms with Gasteiger partial charge < -0.3 is 5.32 Å². The number of aryl methyl sites for hydroxylation is 2. The number of hydrogen-bond donors (Lipinski definition) is 1. The van der Waals surface area contributed by atoms with Gasteiger partial charge in [0.15, 0.2) is 0 Å². The fourth-order valence-electron chi connectivity index (χ4n) is 2.96. The highest BCUT2D eigenvalue weighted by Crippen LogP contribution is 2.30. The van der Waals surface area contributed by atoms with Crippen LogP contribution >= 0.6 is 10.7 Å². The predicted molar refractivity (Wildman–Crippen MR) is 83.3 cm³/mol. The first kappa shape index (κ1) is 16.3. The maximum atomic E-state index is 12.5. The molecule has 1 aromatic carbocycles. The van der Waals surface area contributed by atoms with Gasteiger partial charge in [0.25, 0.3) is 15.0 Å². The van der Waals surface area contributed by atoms with Crippen LogP contribution in [0.1, 0.15) is 54.1 Å². The number of carbonyl (C=O) groups excluding carboxylic acids is 1. The van der Waals surface area contributed by atoms with E-state index in [4.69, 9.17) is 10.7 Å². The third-order valence-electron chi connectivity index (χ3n) is 4.15. The lowest BCUT2D eigenvalue weighted by Crippen LogP contribution is -2.43. The molecule has 6 heteroatoms. The number of amides is 1. The topological polar surface area (TPSA) is 63.2 Å². The molecule has 1 aromatic rings. The van der Waals surface area contributed by atoms with E-state index in [1.807, 2.05) is 6.92 Å². The molecule has 0 spiro atoms. The fraction of sp³-hybridized carbons (Fsp3) is 0.533. The number of carbonyl (C=O) groups is 1. The molecular weight excluding hydrogens is 310 g/mol. The zero-order valence-corrected chi connectivity index (χ0v) is 14.1. The highest BCUT2D eigenvalue weighted by Gasteiger charge is 2.31. The Balaban J connectivity index is 2.37. The molecule has 1 N–H and O–H groups in total. The fourth-order valence-corrected chi connectivity index (χ4v) is 4.16. The van der Waals surface area contributed by atoms with E-state index in [-0.39, 0.29) is 16.3 Å². The van der Waals surface area contributed by atoms with Gasteiger partial charge in [0, 0.05) is 21.8 Å². The molecule has 4 nitrogen and oxygen atoms in total. The number of rotatable bonds is 3. The van der Waals surface area contributed by atoms with Crippen molar-refractivity contribution in [2.75, 3.05) is 0 Å². The Hall–Kier alpha value is -1.07. The van der Waals surface area contributed by atoms with Crippen LogP contribution in [-0.4, -0.2) is 19.9 Å². The molecule has 1 aliphatic rings. The Morgan fingerprint density at radius 2 is 1.76 bits per heavy atom. The summed E-state index contributed by atoms with van der Waals surface area (Å²) in [6.45, 7) is 5.49. The van der Waals surface area contributed by atoms with E-state index in [0.29, 0.717) is 11.1 Å². The summed E-state index contributed by atoms with van der Waals surface area (Å²) in [7, 11) is 1.57. The molecule has 1 aliphatic carbocycles. The SMILES string of the molecule is Cc1cc(C)c(S(=O)(=O)Cl)cc1C(=O)NC1(C)CCCC1. The number of hydrogen-bond acceptors (Lipinski definition) is 3. The minimum Gasteiger partial charge on any atom is -0.347 e. The maximum absolute atomic E-state index is 12.5. The van der Waals surface area contributed by atoms with Crippen molar-refractivity contribution in [2.24, 2.45) is 0 Å². The molecule has 2 rings (SSSR count). The van der Waals surface area contributed by atoms with E-state index in [9.17, 15) is 13.2 Å². The van der Waals surface area contributed by atoms with Gasteiger partial charge in [0.1, 0.15) is 0 Å². The lowest BCUT2D eigenvalue weighted by Gasteiger charge is -2.26. The van der Waals surface area contributed by atoms with Crippen LogP contribution in [0.3, 0.4) is 0 Å². The van der Waals surface area contributed by atoms with Crippen LogP contribution in [-0.2, 0) is 9.05 Å². The zero-order valence-electron chi connectivity index (χ0n) is 12.5. The van der Waals surface area contributed by atoms with Crippen LogP contribution in [0.5, 0.6) is 0 Å². The Morgan fingerprint density at radius 1 is 1.19 bits per heavy atom. The first-order valence-electron chi connectivity index (χ1n) is 7.01. The average Bonchev–Trinajstić information content (AvgIpc) is 2.73. The Bertz CT molecular complexity index is 676. The lowest BCUT2D eigenvalue weighted by atomic mass is 9.98. The predicted octanol–water partition coefficient (Wildman–Crippen LogP) is 3.29. The van der Waals surface area contributed by atoms with Gasteiger partial charge in [-0.3, -0.25) is 4.79 Å². The molecule has 0 bridgehead atoms. The third kappa shape index (κ3) is 3.58. The molecule has 0 saturated heterocycles. The molecule has 1 fully saturated rings. The van der Waals surface area contributed by atoms with Crippen molar-refractivity contribution in [1.29, 1.82) is 0 Å². The summed E-state index contributed by atoms with van der Waals surface area (Å²) >= 11 is 0. The second-order valence-corrected chi connectivity index (χ2v) is 8.63. The second kappa shape index (κ2) is 5.61. The molecule has 0 atom stereocenters. The summed E-state index contributed by atoms with van der Waals surface area (Å²) in [5, 5.41) is 3.03. The average molecular weight is 330 g/mol. The van der Waals surface area contributed by atoms with E-state index < -0.39 is 9.05 Å². The summed E-state index contributed by atoms with van der Waals surface area (Å²) in [6.07, 6.45) is 4.10. The normalized spacial score (nSPS) is 17.7. The largest absolute Gasteiger partial charge is 0.347 e. The van der Waals surface area contributed by atoms with E-state index in [2.05, 4.69) is 5.32 Å². The van der Waals surface area contributed by atoms with Crippen LogP contribution in [0.4, 0.5) is 0 Å². The van der Waals surface area contributed by atoms with Crippen molar-refractivity contribution in [1.82, 2.24) is 5.32 Å². The van der Waals surface area contributed by atoms with Crippen LogP contribution in [0, 0.1) is 13.8 Å². The van der Waals surface area contributed by atoms with E-state index in [1.54, 1.807) is 19.9 Å². The van der Waals surface area contributed by atoms with Gasteiger partial charge in [-0.05, 0) is 50.8 Å². The van der Waals surface area contributed by atoms with Gasteiger partial charge >= 0.3 is 0 Å². The highest BCUT2D eigenvalue weighted by molar-refractivity contribution is 8.13. The van der Waals surface area contributed by atoms with Crippen molar-refractivity contribution in [3.05, 3.63) is 28.8 Å². The van der Waals surface area contributed by atoms with Crippen LogP contribution in [0.2, 0.25) is 0 Å². The van der Waals surface area contributed by atoms with Gasteiger partial charge in [-0.1, -0.05) is 18.9 Å². The third-order valence-corrected chi connectivity index (χ3v) is 5.62.